The number of rotatable bonds is 5. The highest BCUT2D eigenvalue weighted by atomic mass is 16.5. The molecule has 0 rings (SSSR count). The third-order valence-electron chi connectivity index (χ3n) is 2.29. The molecule has 0 saturated heterocycles. The van der Waals surface area contributed by atoms with Gasteiger partial charge in [0, 0.05) is 13.2 Å². The first kappa shape index (κ1) is 10.9. The van der Waals surface area contributed by atoms with Gasteiger partial charge in [0.1, 0.15) is 0 Å². The molecule has 68 valence electrons. The first-order valence-corrected chi connectivity index (χ1v) is 4.31. The summed E-state index contributed by atoms with van der Waals surface area (Å²) in [5.41, 5.74) is -0.0508. The van der Waals surface area contributed by atoms with Gasteiger partial charge in [-0.15, -0.1) is 0 Å². The van der Waals surface area contributed by atoms with Gasteiger partial charge in [0.2, 0.25) is 0 Å². The Labute approximate surface area is 70.3 Å². The average molecular weight is 159 g/mol. The summed E-state index contributed by atoms with van der Waals surface area (Å²) in [5, 5.41) is 3.27. The Morgan fingerprint density at radius 1 is 1.45 bits per heavy atom. The normalized spacial score (nSPS) is 15.0. The minimum Gasteiger partial charge on any atom is -0.377 e. The van der Waals surface area contributed by atoms with Crippen LogP contribution in [0.1, 0.15) is 33.6 Å². The van der Waals surface area contributed by atoms with E-state index in [4.69, 9.17) is 4.74 Å². The van der Waals surface area contributed by atoms with Crippen molar-refractivity contribution >= 4 is 0 Å². The van der Waals surface area contributed by atoms with E-state index in [9.17, 15) is 0 Å². The number of likely N-dealkylation sites (N-methyl/N-ethyl adjacent to an activating group) is 1. The maximum atomic E-state index is 5.38. The van der Waals surface area contributed by atoms with Crippen molar-refractivity contribution in [1.29, 1.82) is 0 Å². The first-order chi connectivity index (χ1) is 5.08. The Bertz CT molecular complexity index is 102. The summed E-state index contributed by atoms with van der Waals surface area (Å²) < 4.78 is 5.38. The molecule has 0 fully saturated rings. The zero-order valence-corrected chi connectivity index (χ0v) is 8.40. The lowest BCUT2D eigenvalue weighted by molar-refractivity contribution is -0.0105. The van der Waals surface area contributed by atoms with E-state index in [1.165, 1.54) is 6.42 Å². The van der Waals surface area contributed by atoms with Crippen molar-refractivity contribution < 1.29 is 4.74 Å². The Hall–Kier alpha value is -0.0800. The molecule has 1 unspecified atom stereocenters. The number of hydrogen-bond donors (Lipinski definition) is 1. The van der Waals surface area contributed by atoms with Crippen LogP contribution in [0.5, 0.6) is 0 Å². The fourth-order valence-corrected chi connectivity index (χ4v) is 1.27. The van der Waals surface area contributed by atoms with E-state index in [0.717, 1.165) is 6.42 Å². The third kappa shape index (κ3) is 3.21. The van der Waals surface area contributed by atoms with Gasteiger partial charge in [-0.25, -0.2) is 0 Å². The topological polar surface area (TPSA) is 21.3 Å². The van der Waals surface area contributed by atoms with E-state index in [1.807, 2.05) is 7.05 Å². The van der Waals surface area contributed by atoms with Crippen LogP contribution in [0, 0.1) is 0 Å². The second kappa shape index (κ2) is 4.73. The van der Waals surface area contributed by atoms with E-state index >= 15 is 0 Å². The number of ether oxygens (including phenoxy) is 1. The lowest BCUT2D eigenvalue weighted by Gasteiger charge is -2.32. The second-order valence-corrected chi connectivity index (χ2v) is 3.44. The van der Waals surface area contributed by atoms with Crippen LogP contribution in [0.4, 0.5) is 0 Å². The van der Waals surface area contributed by atoms with Crippen molar-refractivity contribution in [3.63, 3.8) is 0 Å². The Kier molecular flexibility index (Phi) is 4.69. The molecule has 0 aliphatic rings. The van der Waals surface area contributed by atoms with Gasteiger partial charge in [-0.2, -0.15) is 0 Å². The largest absolute Gasteiger partial charge is 0.377 e. The quantitative estimate of drug-likeness (QED) is 0.660. The summed E-state index contributed by atoms with van der Waals surface area (Å²) in [7, 11) is 3.75. The molecule has 11 heavy (non-hydrogen) atoms. The average Bonchev–Trinajstić information content (AvgIpc) is 2.00. The second-order valence-electron chi connectivity index (χ2n) is 3.44. The number of nitrogens with one attached hydrogen (secondary N) is 1. The molecule has 0 aliphatic heterocycles. The molecular weight excluding hydrogens is 138 g/mol. The van der Waals surface area contributed by atoms with Gasteiger partial charge in [0.15, 0.2) is 0 Å². The molecule has 0 bridgehead atoms. The maximum Gasteiger partial charge on any atom is 0.0774 e. The van der Waals surface area contributed by atoms with Crippen LogP contribution in [-0.4, -0.2) is 25.8 Å². The van der Waals surface area contributed by atoms with E-state index in [0.29, 0.717) is 6.04 Å². The lowest BCUT2D eigenvalue weighted by Crippen LogP contribution is -2.46. The van der Waals surface area contributed by atoms with Gasteiger partial charge < -0.3 is 10.1 Å². The molecule has 2 nitrogen and oxygen atoms in total. The minimum atomic E-state index is -0.0508. The Morgan fingerprint density at radius 2 is 2.00 bits per heavy atom. The molecule has 0 aromatic carbocycles. The van der Waals surface area contributed by atoms with Crippen LogP contribution in [0.2, 0.25) is 0 Å². The molecule has 0 amide bonds. The molecule has 0 radical (unpaired) electrons. The smallest absolute Gasteiger partial charge is 0.0774 e. The molecule has 1 N–H and O–H groups in total. The van der Waals surface area contributed by atoms with Crippen molar-refractivity contribution in [2.75, 3.05) is 14.2 Å². The maximum absolute atomic E-state index is 5.38. The molecule has 1 atom stereocenters. The first-order valence-electron chi connectivity index (χ1n) is 4.31. The highest BCUT2D eigenvalue weighted by molar-refractivity contribution is 4.83. The van der Waals surface area contributed by atoms with Crippen LogP contribution in [-0.2, 0) is 4.74 Å². The molecule has 0 aromatic heterocycles. The van der Waals surface area contributed by atoms with Gasteiger partial charge >= 0.3 is 0 Å². The van der Waals surface area contributed by atoms with Crippen LogP contribution in [0.25, 0.3) is 0 Å². The number of methoxy groups -OCH3 is 1. The van der Waals surface area contributed by atoms with Crippen LogP contribution >= 0.6 is 0 Å². The van der Waals surface area contributed by atoms with Gasteiger partial charge in [-0.1, -0.05) is 13.3 Å². The van der Waals surface area contributed by atoms with Crippen LogP contribution < -0.4 is 5.32 Å². The van der Waals surface area contributed by atoms with Crippen molar-refractivity contribution in [2.24, 2.45) is 0 Å². The Balaban J connectivity index is 3.99. The summed E-state index contributed by atoms with van der Waals surface area (Å²) in [4.78, 5) is 0. The zero-order chi connectivity index (χ0) is 8.91. The minimum absolute atomic E-state index is 0.0508. The van der Waals surface area contributed by atoms with Crippen LogP contribution in [0.15, 0.2) is 0 Å². The Morgan fingerprint density at radius 3 is 2.27 bits per heavy atom. The van der Waals surface area contributed by atoms with E-state index < -0.39 is 0 Å². The van der Waals surface area contributed by atoms with E-state index in [1.54, 1.807) is 7.11 Å². The van der Waals surface area contributed by atoms with Crippen LogP contribution in [0.3, 0.4) is 0 Å². The van der Waals surface area contributed by atoms with E-state index in [-0.39, 0.29) is 5.60 Å². The van der Waals surface area contributed by atoms with Crippen molar-refractivity contribution in [3.8, 4) is 0 Å². The monoisotopic (exact) mass is 159 g/mol. The molecule has 0 heterocycles. The third-order valence-corrected chi connectivity index (χ3v) is 2.29. The van der Waals surface area contributed by atoms with Gasteiger partial charge in [-0.3, -0.25) is 0 Å². The summed E-state index contributed by atoms with van der Waals surface area (Å²) in [6.07, 6.45) is 2.36. The molecule has 0 aliphatic carbocycles. The van der Waals surface area contributed by atoms with Gasteiger partial charge in [0.25, 0.3) is 0 Å². The highest BCUT2D eigenvalue weighted by Crippen LogP contribution is 2.17. The molecule has 2 heteroatoms. The predicted molar refractivity (Wildman–Crippen MR) is 48.8 cm³/mol. The predicted octanol–water partition coefficient (Wildman–Crippen LogP) is 1.80. The molecule has 0 aromatic rings. The number of hydrogen-bond acceptors (Lipinski definition) is 2. The molecule has 0 spiro atoms. The van der Waals surface area contributed by atoms with Gasteiger partial charge in [0.05, 0.1) is 5.60 Å². The SMILES string of the molecule is CCCC(NC)C(C)(C)OC. The standard InChI is InChI=1S/C9H21NO/c1-6-7-8(10-4)9(2,3)11-5/h8,10H,6-7H2,1-5H3. The van der Waals surface area contributed by atoms with Gasteiger partial charge in [-0.05, 0) is 27.3 Å². The van der Waals surface area contributed by atoms with E-state index in [2.05, 4.69) is 26.1 Å². The highest BCUT2D eigenvalue weighted by Gasteiger charge is 2.26. The summed E-state index contributed by atoms with van der Waals surface area (Å²) in [5.74, 6) is 0. The zero-order valence-electron chi connectivity index (χ0n) is 8.40. The molecular formula is C9H21NO. The summed E-state index contributed by atoms with van der Waals surface area (Å²) in [6, 6.07) is 0.456. The lowest BCUT2D eigenvalue weighted by atomic mass is 9.95. The van der Waals surface area contributed by atoms with Crippen molar-refractivity contribution in [2.45, 2.75) is 45.3 Å². The molecule has 0 saturated carbocycles. The summed E-state index contributed by atoms with van der Waals surface area (Å²) in [6.45, 7) is 6.42. The summed E-state index contributed by atoms with van der Waals surface area (Å²) >= 11 is 0. The fourth-order valence-electron chi connectivity index (χ4n) is 1.27. The fraction of sp³-hybridized carbons (Fsp3) is 1.00. The van der Waals surface area contributed by atoms with Crippen molar-refractivity contribution in [3.05, 3.63) is 0 Å². The van der Waals surface area contributed by atoms with Crippen molar-refractivity contribution in [1.82, 2.24) is 5.32 Å².